The number of benzene rings is 1. The first-order valence-corrected chi connectivity index (χ1v) is 9.76. The molecule has 0 unspecified atom stereocenters. The molecule has 1 aromatic rings. The quantitative estimate of drug-likeness (QED) is 0.902. The number of hydrogen-bond donors (Lipinski definition) is 1. The van der Waals surface area contributed by atoms with Gasteiger partial charge in [-0.15, -0.1) is 0 Å². The van der Waals surface area contributed by atoms with Crippen LogP contribution < -0.4 is 10.1 Å². The van der Waals surface area contributed by atoms with Crippen LogP contribution in [-0.2, 0) is 9.59 Å². The van der Waals surface area contributed by atoms with E-state index in [9.17, 15) is 9.59 Å². The van der Waals surface area contributed by atoms with Crippen LogP contribution in [0.1, 0.15) is 43.6 Å². The molecular weight excluding hydrogens is 328 g/mol. The number of methoxy groups -OCH3 is 1. The van der Waals surface area contributed by atoms with Gasteiger partial charge in [0.05, 0.1) is 13.0 Å². The number of carbonyl (C=O) groups is 2. The monoisotopic (exact) mass is 356 g/mol. The van der Waals surface area contributed by atoms with E-state index in [1.807, 2.05) is 12.1 Å². The molecule has 140 valence electrons. The summed E-state index contributed by atoms with van der Waals surface area (Å²) in [7, 11) is 3.45. The fraction of sp³-hybridized carbons (Fsp3) is 0.619. The standard InChI is InChI=1S/C21H28N2O3/c1-23-12-14(11-18(23)24)21(25)22-20-17-6-4-3-5-16(17)19(20)13-7-9-15(26-2)10-8-13/h7-10,14,16-17,19-20H,3-6,11-12H2,1-2H3,(H,22,25)/t14-,16-,17+,19+,20+/m1/s1. The minimum absolute atomic E-state index is 0.0511. The molecule has 2 aliphatic carbocycles. The number of nitrogens with zero attached hydrogens (tertiary/aromatic N) is 1. The highest BCUT2D eigenvalue weighted by Crippen LogP contribution is 2.54. The number of hydrogen-bond acceptors (Lipinski definition) is 3. The highest BCUT2D eigenvalue weighted by Gasteiger charge is 2.52. The molecule has 1 saturated heterocycles. The number of carbonyl (C=O) groups excluding carboxylic acids is 2. The van der Waals surface area contributed by atoms with Gasteiger partial charge >= 0.3 is 0 Å². The summed E-state index contributed by atoms with van der Waals surface area (Å²) in [6.45, 7) is 0.540. The van der Waals surface area contributed by atoms with E-state index < -0.39 is 0 Å². The van der Waals surface area contributed by atoms with Crippen molar-refractivity contribution in [2.24, 2.45) is 17.8 Å². The zero-order chi connectivity index (χ0) is 18.3. The zero-order valence-electron chi connectivity index (χ0n) is 15.6. The first kappa shape index (κ1) is 17.4. The molecule has 5 heteroatoms. The van der Waals surface area contributed by atoms with Crippen molar-refractivity contribution in [2.75, 3.05) is 20.7 Å². The van der Waals surface area contributed by atoms with Crippen molar-refractivity contribution in [3.05, 3.63) is 29.8 Å². The van der Waals surface area contributed by atoms with Crippen LogP contribution >= 0.6 is 0 Å². The van der Waals surface area contributed by atoms with Crippen LogP contribution in [0.2, 0.25) is 0 Å². The molecule has 5 atom stereocenters. The van der Waals surface area contributed by atoms with E-state index in [1.54, 1.807) is 19.1 Å². The van der Waals surface area contributed by atoms with Crippen LogP contribution in [0.5, 0.6) is 5.75 Å². The topological polar surface area (TPSA) is 58.6 Å². The Hall–Kier alpha value is -2.04. The lowest BCUT2D eigenvalue weighted by Crippen LogP contribution is -2.60. The predicted molar refractivity (Wildman–Crippen MR) is 98.9 cm³/mol. The maximum Gasteiger partial charge on any atom is 0.225 e. The highest BCUT2D eigenvalue weighted by molar-refractivity contribution is 5.89. The lowest BCUT2D eigenvalue weighted by molar-refractivity contribution is -0.130. The molecule has 5 nitrogen and oxygen atoms in total. The van der Waals surface area contributed by atoms with Crippen molar-refractivity contribution < 1.29 is 14.3 Å². The Balaban J connectivity index is 1.50. The van der Waals surface area contributed by atoms with Gasteiger partial charge in [-0.25, -0.2) is 0 Å². The van der Waals surface area contributed by atoms with E-state index in [0.717, 1.165) is 5.75 Å². The molecule has 1 N–H and O–H groups in total. The fourth-order valence-electron chi connectivity index (χ4n) is 5.27. The normalized spacial score (nSPS) is 33.4. The average Bonchev–Trinajstić information content (AvgIpc) is 2.99. The Morgan fingerprint density at radius 3 is 2.46 bits per heavy atom. The summed E-state index contributed by atoms with van der Waals surface area (Å²) in [6.07, 6.45) is 5.34. The van der Waals surface area contributed by atoms with Gasteiger partial charge < -0.3 is 15.0 Å². The van der Waals surface area contributed by atoms with Gasteiger partial charge in [-0.3, -0.25) is 9.59 Å². The second-order valence-electron chi connectivity index (χ2n) is 8.12. The van der Waals surface area contributed by atoms with Gasteiger partial charge in [0, 0.05) is 32.0 Å². The van der Waals surface area contributed by atoms with Crippen LogP contribution in [0.15, 0.2) is 24.3 Å². The fourth-order valence-corrected chi connectivity index (χ4v) is 5.27. The second kappa shape index (κ2) is 6.93. The molecule has 3 fully saturated rings. The minimum Gasteiger partial charge on any atom is -0.497 e. The van der Waals surface area contributed by atoms with Crippen molar-refractivity contribution in [1.82, 2.24) is 10.2 Å². The summed E-state index contributed by atoms with van der Waals surface area (Å²) in [5.74, 6) is 2.40. The third kappa shape index (κ3) is 2.97. The number of rotatable bonds is 4. The molecule has 1 aliphatic heterocycles. The molecule has 26 heavy (non-hydrogen) atoms. The minimum atomic E-state index is -0.202. The van der Waals surface area contributed by atoms with E-state index in [1.165, 1.54) is 31.2 Å². The van der Waals surface area contributed by atoms with Gasteiger partial charge in [0.2, 0.25) is 11.8 Å². The van der Waals surface area contributed by atoms with Gasteiger partial charge in [-0.1, -0.05) is 25.0 Å². The van der Waals surface area contributed by atoms with Gasteiger partial charge in [-0.05, 0) is 42.4 Å². The Morgan fingerprint density at radius 1 is 1.15 bits per heavy atom. The smallest absolute Gasteiger partial charge is 0.225 e. The molecule has 0 radical (unpaired) electrons. The summed E-state index contributed by atoms with van der Waals surface area (Å²) in [5, 5.41) is 3.33. The summed E-state index contributed by atoms with van der Waals surface area (Å²) in [4.78, 5) is 26.2. The molecule has 0 bridgehead atoms. The Bertz CT molecular complexity index is 687. The molecule has 0 aromatic heterocycles. The predicted octanol–water partition coefficient (Wildman–Crippen LogP) is 2.56. The van der Waals surface area contributed by atoms with Crippen LogP contribution in [0.25, 0.3) is 0 Å². The van der Waals surface area contributed by atoms with E-state index in [0.29, 0.717) is 30.7 Å². The molecule has 2 saturated carbocycles. The Labute approximate surface area is 155 Å². The number of likely N-dealkylation sites (tertiary alicyclic amines) is 1. The first-order chi connectivity index (χ1) is 12.6. The van der Waals surface area contributed by atoms with E-state index in [-0.39, 0.29) is 23.8 Å². The van der Waals surface area contributed by atoms with Crippen molar-refractivity contribution in [3.63, 3.8) is 0 Å². The summed E-state index contributed by atoms with van der Waals surface area (Å²) >= 11 is 0. The van der Waals surface area contributed by atoms with Gasteiger partial charge in [0.15, 0.2) is 0 Å². The lowest BCUT2D eigenvalue weighted by atomic mass is 9.53. The van der Waals surface area contributed by atoms with Crippen LogP contribution in [0.3, 0.4) is 0 Å². The summed E-state index contributed by atoms with van der Waals surface area (Å²) in [5.41, 5.74) is 1.29. The maximum absolute atomic E-state index is 12.8. The van der Waals surface area contributed by atoms with Gasteiger partial charge in [0.25, 0.3) is 0 Å². The van der Waals surface area contributed by atoms with E-state index in [2.05, 4.69) is 17.4 Å². The van der Waals surface area contributed by atoms with Gasteiger partial charge in [0.1, 0.15) is 5.75 Å². The van der Waals surface area contributed by atoms with Crippen LogP contribution in [0, 0.1) is 17.8 Å². The molecule has 1 heterocycles. The summed E-state index contributed by atoms with van der Waals surface area (Å²) < 4.78 is 5.28. The van der Waals surface area contributed by atoms with Crippen LogP contribution in [-0.4, -0.2) is 43.5 Å². The van der Waals surface area contributed by atoms with Crippen molar-refractivity contribution >= 4 is 11.8 Å². The van der Waals surface area contributed by atoms with E-state index >= 15 is 0 Å². The number of amides is 2. The third-order valence-electron chi connectivity index (χ3n) is 6.71. The van der Waals surface area contributed by atoms with Crippen molar-refractivity contribution in [1.29, 1.82) is 0 Å². The first-order valence-electron chi connectivity index (χ1n) is 9.76. The third-order valence-corrected chi connectivity index (χ3v) is 6.71. The van der Waals surface area contributed by atoms with Crippen molar-refractivity contribution in [3.8, 4) is 5.75 Å². The lowest BCUT2D eigenvalue weighted by Gasteiger charge is -2.55. The molecule has 3 aliphatic rings. The SMILES string of the molecule is COc1ccc([C@H]2[C@@H]3CCCC[C@@H]3[C@@H]2NC(=O)[C@@H]2CC(=O)N(C)C2)cc1. The largest absolute Gasteiger partial charge is 0.497 e. The molecule has 0 spiro atoms. The van der Waals surface area contributed by atoms with Crippen LogP contribution in [0.4, 0.5) is 0 Å². The second-order valence-corrected chi connectivity index (χ2v) is 8.12. The number of fused-ring (bicyclic) bond motifs is 1. The molecular formula is C21H28N2O3. The maximum atomic E-state index is 12.8. The number of ether oxygens (including phenoxy) is 1. The Kier molecular flexibility index (Phi) is 4.63. The Morgan fingerprint density at radius 2 is 1.85 bits per heavy atom. The molecule has 2 amide bonds. The zero-order valence-corrected chi connectivity index (χ0v) is 15.6. The van der Waals surface area contributed by atoms with Gasteiger partial charge in [-0.2, -0.15) is 0 Å². The molecule has 1 aromatic carbocycles. The number of nitrogens with one attached hydrogen (secondary N) is 1. The average molecular weight is 356 g/mol. The van der Waals surface area contributed by atoms with E-state index in [4.69, 9.17) is 4.74 Å². The molecule has 4 rings (SSSR count). The van der Waals surface area contributed by atoms with Crippen molar-refractivity contribution in [2.45, 2.75) is 44.1 Å². The summed E-state index contributed by atoms with van der Waals surface area (Å²) in [6, 6.07) is 8.49. The highest BCUT2D eigenvalue weighted by atomic mass is 16.5.